The number of benzene rings is 1. The molecule has 1 fully saturated rings. The first-order chi connectivity index (χ1) is 13.6. The molecule has 0 N–H and O–H groups in total. The molecule has 0 bridgehead atoms. The van der Waals surface area contributed by atoms with Gasteiger partial charge in [-0.05, 0) is 38.8 Å². The second-order valence-corrected chi connectivity index (χ2v) is 7.64. The van der Waals surface area contributed by atoms with E-state index in [1.807, 2.05) is 26.0 Å². The molecule has 144 valence electrons. The average Bonchev–Trinajstić information content (AvgIpc) is 3.41. The van der Waals surface area contributed by atoms with Crippen molar-refractivity contribution in [3.05, 3.63) is 51.8 Å². The first kappa shape index (κ1) is 17.4. The Morgan fingerprint density at radius 3 is 2.89 bits per heavy atom. The van der Waals surface area contributed by atoms with Gasteiger partial charge in [0.05, 0.1) is 27.9 Å². The summed E-state index contributed by atoms with van der Waals surface area (Å²) in [7, 11) is 0. The molecule has 0 radical (unpaired) electrons. The molecule has 4 aromatic rings. The lowest BCUT2D eigenvalue weighted by molar-refractivity contribution is 0.106. The largest absolute Gasteiger partial charge is 0.372 e. The van der Waals surface area contributed by atoms with Crippen LogP contribution in [0.2, 0.25) is 5.02 Å². The lowest BCUT2D eigenvalue weighted by Gasteiger charge is -2.17. The summed E-state index contributed by atoms with van der Waals surface area (Å²) < 4.78 is 10.9. The molecule has 1 aromatic carbocycles. The summed E-state index contributed by atoms with van der Waals surface area (Å²) in [5, 5.41) is 8.78. The summed E-state index contributed by atoms with van der Waals surface area (Å²) in [5.41, 5.74) is 2.58. The minimum Gasteiger partial charge on any atom is -0.372 e. The molecule has 4 heterocycles. The lowest BCUT2D eigenvalue weighted by Crippen LogP contribution is -2.25. The van der Waals surface area contributed by atoms with Crippen molar-refractivity contribution in [2.75, 3.05) is 6.61 Å². The van der Waals surface area contributed by atoms with Gasteiger partial charge >= 0.3 is 0 Å². The van der Waals surface area contributed by atoms with Crippen molar-refractivity contribution in [2.45, 2.75) is 38.8 Å². The number of halogens is 1. The maximum atomic E-state index is 13.5. The molecule has 28 heavy (non-hydrogen) atoms. The number of para-hydroxylation sites is 1. The first-order valence-electron chi connectivity index (χ1n) is 9.30. The van der Waals surface area contributed by atoms with Crippen molar-refractivity contribution in [3.8, 4) is 5.82 Å². The molecule has 3 aromatic heterocycles. The Morgan fingerprint density at radius 1 is 1.29 bits per heavy atom. The average molecular weight is 399 g/mol. The third-order valence-corrected chi connectivity index (χ3v) is 5.49. The molecule has 0 aliphatic carbocycles. The summed E-state index contributed by atoms with van der Waals surface area (Å²) in [5.74, 6) is 0.448. The zero-order chi connectivity index (χ0) is 19.4. The van der Waals surface area contributed by atoms with Crippen LogP contribution in [0, 0.1) is 0 Å². The molecule has 8 nitrogen and oxygen atoms in total. The quantitative estimate of drug-likeness (QED) is 0.529. The Morgan fingerprint density at radius 2 is 2.14 bits per heavy atom. The first-order valence-corrected chi connectivity index (χ1v) is 9.68. The number of hydrogen-bond donors (Lipinski definition) is 0. The topological polar surface area (TPSA) is 79.2 Å². The van der Waals surface area contributed by atoms with Crippen LogP contribution in [-0.2, 0) is 4.74 Å². The highest BCUT2D eigenvalue weighted by atomic mass is 35.5. The van der Waals surface area contributed by atoms with Crippen molar-refractivity contribution in [2.24, 2.45) is 0 Å². The Labute approximate surface area is 165 Å². The van der Waals surface area contributed by atoms with Crippen LogP contribution in [0.25, 0.3) is 22.4 Å². The monoisotopic (exact) mass is 398 g/mol. The highest BCUT2D eigenvalue weighted by Gasteiger charge is 2.26. The van der Waals surface area contributed by atoms with E-state index in [1.165, 1.54) is 0 Å². The fraction of sp³-hybridized carbons (Fsp3) is 0.368. The highest BCUT2D eigenvalue weighted by Crippen LogP contribution is 2.31. The molecular formula is C19H19ClN6O2. The molecule has 1 saturated heterocycles. The molecule has 0 amide bonds. The molecule has 0 saturated carbocycles. The summed E-state index contributed by atoms with van der Waals surface area (Å²) in [6.07, 6.45) is 5.11. The number of fused-ring (bicyclic) bond motifs is 3. The van der Waals surface area contributed by atoms with Crippen molar-refractivity contribution in [1.82, 2.24) is 28.9 Å². The number of imidazole rings is 1. The van der Waals surface area contributed by atoms with Crippen LogP contribution in [0.5, 0.6) is 0 Å². The van der Waals surface area contributed by atoms with E-state index in [9.17, 15) is 4.79 Å². The van der Waals surface area contributed by atoms with Crippen molar-refractivity contribution in [1.29, 1.82) is 0 Å². The second kappa shape index (κ2) is 6.42. The fourth-order valence-corrected chi connectivity index (χ4v) is 4.22. The van der Waals surface area contributed by atoms with E-state index in [1.54, 1.807) is 32.2 Å². The Bertz CT molecular complexity index is 1250. The second-order valence-electron chi connectivity index (χ2n) is 7.24. The zero-order valence-electron chi connectivity index (χ0n) is 15.5. The molecule has 1 unspecified atom stereocenters. The third kappa shape index (κ3) is 2.41. The summed E-state index contributed by atoms with van der Waals surface area (Å²) in [6, 6.07) is 5.52. The fourth-order valence-electron chi connectivity index (χ4n) is 3.96. The predicted molar refractivity (Wildman–Crippen MR) is 105 cm³/mol. The van der Waals surface area contributed by atoms with Crippen LogP contribution >= 0.6 is 11.6 Å². The molecule has 9 heteroatoms. The molecule has 1 atom stereocenters. The lowest BCUT2D eigenvalue weighted by atomic mass is 10.2. The van der Waals surface area contributed by atoms with Crippen LogP contribution in [0.15, 0.2) is 35.5 Å². The van der Waals surface area contributed by atoms with Gasteiger partial charge in [0.25, 0.3) is 5.56 Å². The van der Waals surface area contributed by atoms with Gasteiger partial charge in [0.1, 0.15) is 12.4 Å². The smallest absolute Gasteiger partial charge is 0.279 e. The van der Waals surface area contributed by atoms with Gasteiger partial charge in [-0.25, -0.2) is 4.98 Å². The van der Waals surface area contributed by atoms with Crippen molar-refractivity contribution < 1.29 is 4.74 Å². The predicted octanol–water partition coefficient (Wildman–Crippen LogP) is 3.32. The van der Waals surface area contributed by atoms with E-state index in [0.717, 1.165) is 24.1 Å². The molecule has 0 spiro atoms. The van der Waals surface area contributed by atoms with Gasteiger partial charge < -0.3 is 9.30 Å². The molecule has 1 aliphatic rings. The third-order valence-electron chi connectivity index (χ3n) is 5.19. The van der Waals surface area contributed by atoms with Crippen LogP contribution < -0.4 is 5.56 Å². The van der Waals surface area contributed by atoms with Gasteiger partial charge in [-0.15, -0.1) is 5.10 Å². The molecular weight excluding hydrogens is 380 g/mol. The Balaban J connectivity index is 1.86. The van der Waals surface area contributed by atoms with Gasteiger partial charge in [0.15, 0.2) is 11.3 Å². The van der Waals surface area contributed by atoms with Crippen LogP contribution in [0.1, 0.15) is 44.5 Å². The number of hydrogen-bond acceptors (Lipinski definition) is 5. The van der Waals surface area contributed by atoms with E-state index >= 15 is 0 Å². The minimum absolute atomic E-state index is 0.0731. The number of aromatic nitrogens is 6. The van der Waals surface area contributed by atoms with E-state index in [4.69, 9.17) is 16.3 Å². The maximum Gasteiger partial charge on any atom is 0.279 e. The SMILES string of the molecule is CC(C)n1c(=O)c2c(-n3nncc3C3CCCO3)ncn2c2cccc(Cl)c21. The minimum atomic E-state index is -0.170. The Kier molecular flexibility index (Phi) is 3.99. The zero-order valence-corrected chi connectivity index (χ0v) is 16.3. The molecule has 5 rings (SSSR count). The standard InChI is InChI=1S/C19H19ClN6O2/c1-11(2)25-16-12(20)5-3-6-13(16)24-10-21-18(17(24)19(25)27)26-14(9-22-23-26)15-7-4-8-28-15/h3,5-6,9-11,15H,4,7-8H2,1-2H3. The maximum absolute atomic E-state index is 13.5. The van der Waals surface area contributed by atoms with Gasteiger partial charge in [0.2, 0.25) is 0 Å². The number of nitrogens with zero attached hydrogens (tertiary/aromatic N) is 6. The van der Waals surface area contributed by atoms with Crippen LogP contribution in [0.3, 0.4) is 0 Å². The van der Waals surface area contributed by atoms with Crippen LogP contribution in [-0.4, -0.2) is 35.6 Å². The number of ether oxygens (including phenoxy) is 1. The summed E-state index contributed by atoms with van der Waals surface area (Å²) >= 11 is 6.46. The van der Waals surface area contributed by atoms with Gasteiger partial charge in [0, 0.05) is 12.6 Å². The highest BCUT2D eigenvalue weighted by molar-refractivity contribution is 6.35. The van der Waals surface area contributed by atoms with Crippen LogP contribution in [0.4, 0.5) is 0 Å². The van der Waals surface area contributed by atoms with Gasteiger partial charge in [-0.2, -0.15) is 4.68 Å². The van der Waals surface area contributed by atoms with E-state index in [-0.39, 0.29) is 17.7 Å². The van der Waals surface area contributed by atoms with Gasteiger partial charge in [-0.1, -0.05) is 22.9 Å². The van der Waals surface area contributed by atoms with E-state index < -0.39 is 0 Å². The van der Waals surface area contributed by atoms with Crippen molar-refractivity contribution in [3.63, 3.8) is 0 Å². The Hall–Kier alpha value is -2.71. The van der Waals surface area contributed by atoms with Gasteiger partial charge in [-0.3, -0.25) is 9.20 Å². The number of rotatable bonds is 3. The van der Waals surface area contributed by atoms with E-state index in [0.29, 0.717) is 28.5 Å². The van der Waals surface area contributed by atoms with Crippen molar-refractivity contribution >= 4 is 28.2 Å². The normalized spacial score (nSPS) is 17.4. The van der Waals surface area contributed by atoms with E-state index in [2.05, 4.69) is 15.3 Å². The summed E-state index contributed by atoms with van der Waals surface area (Å²) in [4.78, 5) is 18.0. The summed E-state index contributed by atoms with van der Waals surface area (Å²) in [6.45, 7) is 4.64. The molecule has 1 aliphatic heterocycles.